The maximum atomic E-state index is 11.4. The van der Waals surface area contributed by atoms with Gasteiger partial charge in [-0.05, 0) is 35.5 Å². The summed E-state index contributed by atoms with van der Waals surface area (Å²) in [6.45, 7) is 0. The van der Waals surface area contributed by atoms with Crippen LogP contribution in [0.5, 0.6) is 5.75 Å². The second-order valence-corrected chi connectivity index (χ2v) is 4.53. The molecule has 92 valence electrons. The lowest BCUT2D eigenvalue weighted by Gasteiger charge is -2.01. The number of aromatic carboxylic acids is 1. The first-order valence-electron chi connectivity index (χ1n) is 4.83. The molecule has 0 atom stereocenters. The summed E-state index contributed by atoms with van der Waals surface area (Å²) in [5, 5.41) is 27.8. The number of carboxylic acids is 1. The Balaban J connectivity index is 2.38. The lowest BCUT2D eigenvalue weighted by Crippen LogP contribution is -2.18. The summed E-state index contributed by atoms with van der Waals surface area (Å²) in [6, 6.07) is 4.00. The summed E-state index contributed by atoms with van der Waals surface area (Å²) in [5.74, 6) is -1.97. The Morgan fingerprint density at radius 2 is 2.17 bits per heavy atom. The van der Waals surface area contributed by atoms with Crippen LogP contribution in [0.1, 0.15) is 15.9 Å². The Kier molecular flexibility index (Phi) is 3.07. The van der Waals surface area contributed by atoms with E-state index in [9.17, 15) is 14.7 Å². The zero-order valence-corrected chi connectivity index (χ0v) is 9.75. The highest BCUT2D eigenvalue weighted by Crippen LogP contribution is 2.26. The van der Waals surface area contributed by atoms with Crippen molar-refractivity contribution in [2.75, 3.05) is 0 Å². The van der Waals surface area contributed by atoms with Crippen LogP contribution in [0.15, 0.2) is 23.1 Å². The van der Waals surface area contributed by atoms with Crippen LogP contribution in [0.3, 0.4) is 0 Å². The Morgan fingerprint density at radius 3 is 2.72 bits per heavy atom. The lowest BCUT2D eigenvalue weighted by molar-refractivity contribution is -0.115. The molecule has 0 unspecified atom stereocenters. The van der Waals surface area contributed by atoms with E-state index in [4.69, 9.17) is 10.5 Å². The maximum Gasteiger partial charge on any atom is 0.339 e. The highest BCUT2D eigenvalue weighted by atomic mass is 32.2. The van der Waals surface area contributed by atoms with Crippen molar-refractivity contribution in [3.05, 3.63) is 34.2 Å². The third-order valence-corrected chi connectivity index (χ3v) is 3.04. The molecule has 7 heteroatoms. The molecule has 0 bridgehead atoms. The number of benzene rings is 1. The normalized spacial score (nSPS) is 17.0. The predicted octanol–water partition coefficient (Wildman–Crippen LogP) is 1.23. The SMILES string of the molecule is N=C1NC(=O)/C(=C/c2ccc(O)c(C(=O)O)c2)S1. The number of carbonyl (C=O) groups excluding carboxylic acids is 1. The average molecular weight is 264 g/mol. The van der Waals surface area contributed by atoms with Gasteiger partial charge in [-0.15, -0.1) is 0 Å². The van der Waals surface area contributed by atoms with Crippen molar-refractivity contribution >= 4 is 34.9 Å². The summed E-state index contributed by atoms with van der Waals surface area (Å²) in [5.41, 5.74) is 0.236. The number of hydrogen-bond donors (Lipinski definition) is 4. The summed E-state index contributed by atoms with van der Waals surface area (Å²) in [4.78, 5) is 22.5. The third kappa shape index (κ3) is 2.35. The fourth-order valence-electron chi connectivity index (χ4n) is 1.41. The van der Waals surface area contributed by atoms with Crippen LogP contribution in [-0.2, 0) is 4.79 Å². The van der Waals surface area contributed by atoms with Crippen molar-refractivity contribution in [2.45, 2.75) is 0 Å². The van der Waals surface area contributed by atoms with Crippen molar-refractivity contribution in [2.24, 2.45) is 0 Å². The topological polar surface area (TPSA) is 110 Å². The number of hydrogen-bond acceptors (Lipinski definition) is 5. The van der Waals surface area contributed by atoms with E-state index < -0.39 is 11.9 Å². The van der Waals surface area contributed by atoms with Crippen LogP contribution in [0.2, 0.25) is 0 Å². The molecular formula is C11H8N2O4S. The van der Waals surface area contributed by atoms with E-state index in [0.29, 0.717) is 10.5 Å². The number of thioether (sulfide) groups is 1. The van der Waals surface area contributed by atoms with E-state index in [1.54, 1.807) is 0 Å². The van der Waals surface area contributed by atoms with Crippen LogP contribution >= 0.6 is 11.8 Å². The average Bonchev–Trinajstić information content (AvgIpc) is 2.60. The van der Waals surface area contributed by atoms with Gasteiger partial charge in [-0.2, -0.15) is 0 Å². The summed E-state index contributed by atoms with van der Waals surface area (Å²) in [6.07, 6.45) is 1.47. The van der Waals surface area contributed by atoms with Crippen LogP contribution in [-0.4, -0.2) is 27.3 Å². The maximum absolute atomic E-state index is 11.4. The second kappa shape index (κ2) is 4.53. The smallest absolute Gasteiger partial charge is 0.339 e. The van der Waals surface area contributed by atoms with Gasteiger partial charge < -0.3 is 15.5 Å². The lowest BCUT2D eigenvalue weighted by atomic mass is 10.1. The first kappa shape index (κ1) is 12.2. The second-order valence-electron chi connectivity index (χ2n) is 3.48. The third-order valence-electron chi connectivity index (χ3n) is 2.21. The molecule has 1 saturated heterocycles. The zero-order valence-electron chi connectivity index (χ0n) is 8.93. The van der Waals surface area contributed by atoms with Gasteiger partial charge in [-0.25, -0.2) is 4.79 Å². The standard InChI is InChI=1S/C11H8N2O4S/c12-11-13-9(15)8(18-11)4-5-1-2-7(14)6(3-5)10(16)17/h1-4,14H,(H,16,17)(H2,12,13,15)/b8-4-. The van der Waals surface area contributed by atoms with Gasteiger partial charge in [-0.3, -0.25) is 10.2 Å². The molecule has 4 N–H and O–H groups in total. The van der Waals surface area contributed by atoms with Crippen LogP contribution < -0.4 is 5.32 Å². The van der Waals surface area contributed by atoms with Crippen LogP contribution in [0, 0.1) is 5.41 Å². The van der Waals surface area contributed by atoms with Crippen LogP contribution in [0.25, 0.3) is 6.08 Å². The van der Waals surface area contributed by atoms with E-state index in [1.807, 2.05) is 0 Å². The van der Waals surface area contributed by atoms with Gasteiger partial charge in [0.05, 0.1) is 4.91 Å². The monoisotopic (exact) mass is 264 g/mol. The number of nitrogens with one attached hydrogen (secondary N) is 2. The zero-order chi connectivity index (χ0) is 13.3. The molecule has 18 heavy (non-hydrogen) atoms. The van der Waals surface area contributed by atoms with E-state index in [2.05, 4.69) is 5.32 Å². The predicted molar refractivity (Wildman–Crippen MR) is 66.5 cm³/mol. The molecule has 2 rings (SSSR count). The molecule has 6 nitrogen and oxygen atoms in total. The first-order chi connectivity index (χ1) is 8.47. The minimum atomic E-state index is -1.25. The van der Waals surface area contributed by atoms with E-state index in [-0.39, 0.29) is 16.5 Å². The molecule has 1 aliphatic rings. The molecule has 0 saturated carbocycles. The Bertz CT molecular complexity index is 595. The van der Waals surface area contributed by atoms with E-state index in [1.165, 1.54) is 24.3 Å². The molecule has 1 aromatic carbocycles. The number of carbonyl (C=O) groups is 2. The van der Waals surface area contributed by atoms with Gasteiger partial charge >= 0.3 is 5.97 Å². The number of amides is 1. The molecule has 1 heterocycles. The molecule has 1 fully saturated rings. The van der Waals surface area contributed by atoms with Gasteiger partial charge in [-0.1, -0.05) is 6.07 Å². The summed E-state index contributed by atoms with van der Waals surface area (Å²) in [7, 11) is 0. The molecule has 0 radical (unpaired) electrons. The van der Waals surface area contributed by atoms with E-state index in [0.717, 1.165) is 11.8 Å². The molecule has 1 aromatic rings. The molecule has 0 aromatic heterocycles. The molecule has 0 spiro atoms. The number of carboxylic acid groups (broad SMARTS) is 1. The Labute approximate surface area is 106 Å². The van der Waals surface area contributed by atoms with Gasteiger partial charge in [0, 0.05) is 0 Å². The van der Waals surface area contributed by atoms with Crippen LogP contribution in [0.4, 0.5) is 0 Å². The van der Waals surface area contributed by atoms with Crippen molar-refractivity contribution in [1.82, 2.24) is 5.32 Å². The Hall–Kier alpha value is -2.28. The largest absolute Gasteiger partial charge is 0.507 e. The van der Waals surface area contributed by atoms with Crippen molar-refractivity contribution in [3.63, 3.8) is 0 Å². The Morgan fingerprint density at radius 1 is 1.44 bits per heavy atom. The highest BCUT2D eigenvalue weighted by molar-refractivity contribution is 8.18. The summed E-state index contributed by atoms with van der Waals surface area (Å²) < 4.78 is 0. The number of aromatic hydroxyl groups is 1. The van der Waals surface area contributed by atoms with Gasteiger partial charge in [0.15, 0.2) is 5.17 Å². The molecule has 1 aliphatic heterocycles. The molecule has 0 aliphatic carbocycles. The summed E-state index contributed by atoms with van der Waals surface area (Å²) >= 11 is 0.961. The van der Waals surface area contributed by atoms with Gasteiger partial charge in [0.25, 0.3) is 5.91 Å². The van der Waals surface area contributed by atoms with E-state index >= 15 is 0 Å². The van der Waals surface area contributed by atoms with Crippen molar-refractivity contribution < 1.29 is 19.8 Å². The van der Waals surface area contributed by atoms with Gasteiger partial charge in [0.2, 0.25) is 0 Å². The highest BCUT2D eigenvalue weighted by Gasteiger charge is 2.22. The fourth-order valence-corrected chi connectivity index (χ4v) is 2.11. The number of amidine groups is 1. The fraction of sp³-hybridized carbons (Fsp3) is 0. The number of phenols is 1. The van der Waals surface area contributed by atoms with Crippen molar-refractivity contribution in [1.29, 1.82) is 5.41 Å². The quantitative estimate of drug-likeness (QED) is 0.600. The molecule has 1 amide bonds. The van der Waals surface area contributed by atoms with Crippen molar-refractivity contribution in [3.8, 4) is 5.75 Å². The minimum absolute atomic E-state index is 0.0310. The minimum Gasteiger partial charge on any atom is -0.507 e. The van der Waals surface area contributed by atoms with Gasteiger partial charge in [0.1, 0.15) is 11.3 Å². The number of rotatable bonds is 2. The first-order valence-corrected chi connectivity index (χ1v) is 5.65. The molecular weight excluding hydrogens is 256 g/mol.